The smallest absolute Gasteiger partial charge is 0.0223 e. The first-order valence-corrected chi connectivity index (χ1v) is 7.48. The van der Waals surface area contributed by atoms with Crippen LogP contribution in [0.25, 0.3) is 0 Å². The molecule has 0 aliphatic carbocycles. The van der Waals surface area contributed by atoms with E-state index in [1.54, 1.807) is 0 Å². The molecule has 1 unspecified atom stereocenters. The summed E-state index contributed by atoms with van der Waals surface area (Å²) in [5.41, 5.74) is 5.71. The molecule has 1 aliphatic heterocycles. The van der Waals surface area contributed by atoms with Gasteiger partial charge in [-0.15, -0.1) is 0 Å². The molecule has 1 heterocycles. The molecule has 0 spiro atoms. The fourth-order valence-corrected chi connectivity index (χ4v) is 2.95. The first-order chi connectivity index (χ1) is 8.31. The van der Waals surface area contributed by atoms with Gasteiger partial charge in [0.05, 0.1) is 0 Å². The highest BCUT2D eigenvalue weighted by atomic mass is 15.2. The third-order valence-electron chi connectivity index (χ3n) is 3.71. The molecule has 1 rings (SSSR count). The van der Waals surface area contributed by atoms with Gasteiger partial charge < -0.3 is 10.6 Å². The Morgan fingerprint density at radius 1 is 1.18 bits per heavy atom. The van der Waals surface area contributed by atoms with E-state index in [0.717, 1.165) is 19.1 Å². The van der Waals surface area contributed by atoms with Crippen molar-refractivity contribution < 1.29 is 0 Å². The van der Waals surface area contributed by atoms with E-state index in [-0.39, 0.29) is 0 Å². The molecule has 1 saturated heterocycles. The molecule has 0 aromatic heterocycles. The topological polar surface area (TPSA) is 32.5 Å². The summed E-state index contributed by atoms with van der Waals surface area (Å²) in [6, 6.07) is 0.755. The molecule has 0 bridgehead atoms. The van der Waals surface area contributed by atoms with Crippen LogP contribution in [-0.2, 0) is 0 Å². The zero-order valence-corrected chi connectivity index (χ0v) is 11.8. The molecule has 102 valence electrons. The van der Waals surface area contributed by atoms with E-state index in [1.165, 1.54) is 58.3 Å². The van der Waals surface area contributed by atoms with Gasteiger partial charge >= 0.3 is 0 Å². The van der Waals surface area contributed by atoms with E-state index < -0.39 is 0 Å². The highest BCUT2D eigenvalue weighted by Crippen LogP contribution is 2.17. The molecule has 0 aromatic carbocycles. The lowest BCUT2D eigenvalue weighted by atomic mass is 10.0. The Labute approximate surface area is 107 Å². The maximum atomic E-state index is 5.71. The van der Waals surface area contributed by atoms with Crippen molar-refractivity contribution >= 4 is 0 Å². The van der Waals surface area contributed by atoms with Gasteiger partial charge in [0.25, 0.3) is 0 Å². The second-order valence-electron chi connectivity index (χ2n) is 5.27. The Morgan fingerprint density at radius 3 is 2.47 bits per heavy atom. The number of nitrogens with two attached hydrogens (primary N) is 1. The van der Waals surface area contributed by atoms with Gasteiger partial charge in [-0.3, -0.25) is 4.90 Å². The van der Waals surface area contributed by atoms with Crippen molar-refractivity contribution in [3.05, 3.63) is 0 Å². The summed E-state index contributed by atoms with van der Waals surface area (Å²) in [5.74, 6) is 0. The number of piperidine rings is 1. The lowest BCUT2D eigenvalue weighted by Crippen LogP contribution is -2.48. The SMILES string of the molecule is CCCN(CCC)CC1CCCCN1CCN. The molecule has 17 heavy (non-hydrogen) atoms. The monoisotopic (exact) mass is 241 g/mol. The van der Waals surface area contributed by atoms with E-state index in [4.69, 9.17) is 5.73 Å². The molecule has 1 atom stereocenters. The molecule has 3 heteroatoms. The average Bonchev–Trinajstić information content (AvgIpc) is 2.33. The van der Waals surface area contributed by atoms with Crippen LogP contribution in [0.5, 0.6) is 0 Å². The highest BCUT2D eigenvalue weighted by Gasteiger charge is 2.23. The van der Waals surface area contributed by atoms with E-state index in [0.29, 0.717) is 0 Å². The van der Waals surface area contributed by atoms with Crippen LogP contribution in [-0.4, -0.2) is 55.1 Å². The third-order valence-corrected chi connectivity index (χ3v) is 3.71. The minimum absolute atomic E-state index is 0.755. The van der Waals surface area contributed by atoms with Crippen molar-refractivity contribution in [2.75, 3.05) is 39.3 Å². The minimum Gasteiger partial charge on any atom is -0.329 e. The lowest BCUT2D eigenvalue weighted by molar-refractivity contribution is 0.107. The highest BCUT2D eigenvalue weighted by molar-refractivity contribution is 4.80. The van der Waals surface area contributed by atoms with Crippen LogP contribution in [0.4, 0.5) is 0 Å². The maximum absolute atomic E-state index is 5.71. The summed E-state index contributed by atoms with van der Waals surface area (Å²) in [7, 11) is 0. The summed E-state index contributed by atoms with van der Waals surface area (Å²) >= 11 is 0. The quantitative estimate of drug-likeness (QED) is 0.705. The summed E-state index contributed by atoms with van der Waals surface area (Å²) in [4.78, 5) is 5.25. The largest absolute Gasteiger partial charge is 0.329 e. The average molecular weight is 241 g/mol. The Bertz CT molecular complexity index is 176. The standard InChI is InChI=1S/C14H31N3/c1-3-9-16(10-4-2)13-14-7-5-6-11-17(14)12-8-15/h14H,3-13,15H2,1-2H3. The Kier molecular flexibility index (Phi) is 7.82. The Morgan fingerprint density at radius 2 is 1.88 bits per heavy atom. The van der Waals surface area contributed by atoms with Gasteiger partial charge in [0.15, 0.2) is 0 Å². The van der Waals surface area contributed by atoms with Gasteiger partial charge in [-0.2, -0.15) is 0 Å². The van der Waals surface area contributed by atoms with Crippen LogP contribution < -0.4 is 5.73 Å². The molecular formula is C14H31N3. The molecule has 0 amide bonds. The third kappa shape index (κ3) is 5.36. The molecule has 1 aliphatic rings. The number of rotatable bonds is 8. The normalized spacial score (nSPS) is 22.2. The van der Waals surface area contributed by atoms with Gasteiger partial charge in [0, 0.05) is 25.7 Å². The molecular weight excluding hydrogens is 210 g/mol. The summed E-state index contributed by atoms with van der Waals surface area (Å²) < 4.78 is 0. The number of likely N-dealkylation sites (tertiary alicyclic amines) is 1. The molecule has 0 saturated carbocycles. The molecule has 2 N–H and O–H groups in total. The maximum Gasteiger partial charge on any atom is 0.0223 e. The van der Waals surface area contributed by atoms with Crippen molar-refractivity contribution in [1.82, 2.24) is 9.80 Å². The fraction of sp³-hybridized carbons (Fsp3) is 1.00. The van der Waals surface area contributed by atoms with E-state index in [9.17, 15) is 0 Å². The van der Waals surface area contributed by atoms with Crippen molar-refractivity contribution in [2.45, 2.75) is 52.0 Å². The van der Waals surface area contributed by atoms with Gasteiger partial charge in [-0.1, -0.05) is 20.3 Å². The molecule has 0 radical (unpaired) electrons. The predicted octanol–water partition coefficient (Wildman–Crippen LogP) is 1.92. The number of nitrogens with zero attached hydrogens (tertiary/aromatic N) is 2. The van der Waals surface area contributed by atoms with Gasteiger partial charge in [0.1, 0.15) is 0 Å². The lowest BCUT2D eigenvalue weighted by Gasteiger charge is -2.38. The predicted molar refractivity (Wildman–Crippen MR) is 75.3 cm³/mol. The summed E-state index contributed by atoms with van der Waals surface area (Å²) in [5, 5.41) is 0. The summed E-state index contributed by atoms with van der Waals surface area (Å²) in [6.45, 7) is 11.5. The first-order valence-electron chi connectivity index (χ1n) is 7.48. The van der Waals surface area contributed by atoms with E-state index >= 15 is 0 Å². The molecule has 3 nitrogen and oxygen atoms in total. The fourth-order valence-electron chi connectivity index (χ4n) is 2.95. The first kappa shape index (κ1) is 14.9. The van der Waals surface area contributed by atoms with Gasteiger partial charge in [-0.25, -0.2) is 0 Å². The number of hydrogen-bond donors (Lipinski definition) is 1. The van der Waals surface area contributed by atoms with Crippen LogP contribution in [0, 0.1) is 0 Å². The Hall–Kier alpha value is -0.120. The number of hydrogen-bond acceptors (Lipinski definition) is 3. The van der Waals surface area contributed by atoms with Crippen LogP contribution in [0.2, 0.25) is 0 Å². The second kappa shape index (κ2) is 8.90. The van der Waals surface area contributed by atoms with Gasteiger partial charge in [0.2, 0.25) is 0 Å². The van der Waals surface area contributed by atoms with Crippen LogP contribution in [0.1, 0.15) is 46.0 Å². The molecule has 1 fully saturated rings. The van der Waals surface area contributed by atoms with Crippen LogP contribution >= 0.6 is 0 Å². The van der Waals surface area contributed by atoms with Crippen LogP contribution in [0.3, 0.4) is 0 Å². The van der Waals surface area contributed by atoms with Gasteiger partial charge in [-0.05, 0) is 45.3 Å². The molecule has 0 aromatic rings. The Balaban J connectivity index is 2.43. The minimum atomic E-state index is 0.755. The zero-order valence-electron chi connectivity index (χ0n) is 11.8. The van der Waals surface area contributed by atoms with E-state index in [2.05, 4.69) is 23.6 Å². The second-order valence-corrected chi connectivity index (χ2v) is 5.27. The summed E-state index contributed by atoms with van der Waals surface area (Å²) in [6.07, 6.45) is 6.66. The van der Waals surface area contributed by atoms with Crippen molar-refractivity contribution in [1.29, 1.82) is 0 Å². The van der Waals surface area contributed by atoms with E-state index in [1.807, 2.05) is 0 Å². The van der Waals surface area contributed by atoms with Crippen molar-refractivity contribution in [2.24, 2.45) is 5.73 Å². The zero-order chi connectivity index (χ0) is 12.5. The van der Waals surface area contributed by atoms with Crippen molar-refractivity contribution in [3.8, 4) is 0 Å². The van der Waals surface area contributed by atoms with Crippen molar-refractivity contribution in [3.63, 3.8) is 0 Å². The van der Waals surface area contributed by atoms with Crippen LogP contribution in [0.15, 0.2) is 0 Å².